The van der Waals surface area contributed by atoms with Gasteiger partial charge in [-0.1, -0.05) is 37.3 Å². The molecule has 1 rings (SSSR count). The topological polar surface area (TPSA) is 38.0 Å². The highest BCUT2D eigenvalue weighted by Gasteiger charge is 2.09. The molecule has 0 fully saturated rings. The minimum absolute atomic E-state index is 0.405. The van der Waals surface area contributed by atoms with Crippen LogP contribution in [0, 0.1) is 0 Å². The first-order valence-electron chi connectivity index (χ1n) is 5.76. The van der Waals surface area contributed by atoms with E-state index in [4.69, 9.17) is 5.73 Å². The predicted octanol–water partition coefficient (Wildman–Crippen LogP) is 2.12. The molecule has 0 aliphatic heterocycles. The van der Waals surface area contributed by atoms with Crippen LogP contribution >= 0.6 is 0 Å². The van der Waals surface area contributed by atoms with Crippen LogP contribution in [0.4, 0.5) is 0 Å². The van der Waals surface area contributed by atoms with Crippen LogP contribution in [0.25, 0.3) is 0 Å². The van der Waals surface area contributed by atoms with E-state index >= 15 is 0 Å². The van der Waals surface area contributed by atoms with Gasteiger partial charge >= 0.3 is 0 Å². The third kappa shape index (κ3) is 4.02. The molecule has 0 saturated carbocycles. The van der Waals surface area contributed by atoms with E-state index in [1.54, 1.807) is 0 Å². The highest BCUT2D eigenvalue weighted by atomic mass is 14.9. The first-order chi connectivity index (χ1) is 7.27. The van der Waals surface area contributed by atoms with Gasteiger partial charge in [0.25, 0.3) is 0 Å². The van der Waals surface area contributed by atoms with Gasteiger partial charge in [0, 0.05) is 19.1 Å². The van der Waals surface area contributed by atoms with E-state index in [0.29, 0.717) is 18.5 Å². The number of hydrogen-bond acceptors (Lipinski definition) is 2. The molecule has 0 aliphatic rings. The summed E-state index contributed by atoms with van der Waals surface area (Å²) in [5, 5.41) is 3.46. The minimum Gasteiger partial charge on any atom is -0.329 e. The van der Waals surface area contributed by atoms with Gasteiger partial charge in [-0.25, -0.2) is 0 Å². The fourth-order valence-electron chi connectivity index (χ4n) is 1.65. The van der Waals surface area contributed by atoms with Gasteiger partial charge in [0.1, 0.15) is 0 Å². The van der Waals surface area contributed by atoms with E-state index in [-0.39, 0.29) is 0 Å². The molecule has 0 aliphatic carbocycles. The molecule has 3 N–H and O–H groups in total. The monoisotopic (exact) mass is 206 g/mol. The number of benzene rings is 1. The highest BCUT2D eigenvalue weighted by Crippen LogP contribution is 2.17. The van der Waals surface area contributed by atoms with E-state index in [1.807, 2.05) is 0 Å². The first-order valence-corrected chi connectivity index (χ1v) is 5.76. The summed E-state index contributed by atoms with van der Waals surface area (Å²) in [7, 11) is 0. The van der Waals surface area contributed by atoms with Crippen LogP contribution in [-0.2, 0) is 0 Å². The van der Waals surface area contributed by atoms with Gasteiger partial charge in [-0.05, 0) is 24.8 Å². The minimum atomic E-state index is 0.405. The molecule has 2 heteroatoms. The standard InChI is InChI=1S/C13H22N2/c1-3-12(10-15-11(2)9-14)13-7-5-4-6-8-13/h4-8,11-12,15H,3,9-10,14H2,1-2H3/t11-,12?/m0/s1. The number of nitrogens with two attached hydrogens (primary N) is 1. The summed E-state index contributed by atoms with van der Waals surface area (Å²) in [6.45, 7) is 6.06. The molecular weight excluding hydrogens is 184 g/mol. The van der Waals surface area contributed by atoms with Crippen molar-refractivity contribution in [2.45, 2.75) is 32.2 Å². The average Bonchev–Trinajstić information content (AvgIpc) is 2.31. The molecule has 84 valence electrons. The number of hydrogen-bond donors (Lipinski definition) is 2. The Morgan fingerprint density at radius 2 is 1.93 bits per heavy atom. The highest BCUT2D eigenvalue weighted by molar-refractivity contribution is 5.19. The Kier molecular flexibility index (Phi) is 5.37. The molecule has 1 aromatic rings. The van der Waals surface area contributed by atoms with Crippen molar-refractivity contribution in [3.8, 4) is 0 Å². The van der Waals surface area contributed by atoms with Crippen molar-refractivity contribution in [1.82, 2.24) is 5.32 Å². The second-order valence-electron chi connectivity index (χ2n) is 4.06. The van der Waals surface area contributed by atoms with Crippen LogP contribution in [0.15, 0.2) is 30.3 Å². The van der Waals surface area contributed by atoms with E-state index in [2.05, 4.69) is 49.5 Å². The quantitative estimate of drug-likeness (QED) is 0.748. The lowest BCUT2D eigenvalue weighted by molar-refractivity contribution is 0.503. The lowest BCUT2D eigenvalue weighted by Gasteiger charge is -2.19. The van der Waals surface area contributed by atoms with Crippen molar-refractivity contribution in [2.75, 3.05) is 13.1 Å². The van der Waals surface area contributed by atoms with Gasteiger partial charge in [0.2, 0.25) is 0 Å². The Labute approximate surface area is 92.9 Å². The van der Waals surface area contributed by atoms with E-state index in [0.717, 1.165) is 13.0 Å². The molecule has 0 aromatic heterocycles. The van der Waals surface area contributed by atoms with E-state index in [1.165, 1.54) is 5.56 Å². The van der Waals surface area contributed by atoms with Gasteiger partial charge in [-0.2, -0.15) is 0 Å². The summed E-state index contributed by atoms with van der Waals surface area (Å²) in [6.07, 6.45) is 1.16. The lowest BCUT2D eigenvalue weighted by atomic mass is 9.96. The van der Waals surface area contributed by atoms with Crippen molar-refractivity contribution in [2.24, 2.45) is 5.73 Å². The molecule has 0 amide bonds. The Bertz CT molecular complexity index is 258. The zero-order chi connectivity index (χ0) is 11.1. The predicted molar refractivity (Wildman–Crippen MR) is 66.0 cm³/mol. The van der Waals surface area contributed by atoms with Gasteiger partial charge in [-0.3, -0.25) is 0 Å². The molecule has 2 atom stereocenters. The maximum atomic E-state index is 5.58. The number of rotatable bonds is 6. The van der Waals surface area contributed by atoms with Crippen LogP contribution in [-0.4, -0.2) is 19.1 Å². The molecule has 0 saturated heterocycles. The summed E-state index contributed by atoms with van der Waals surface area (Å²) < 4.78 is 0. The van der Waals surface area contributed by atoms with Crippen molar-refractivity contribution < 1.29 is 0 Å². The molecule has 15 heavy (non-hydrogen) atoms. The SMILES string of the molecule is CCC(CN[C@@H](C)CN)c1ccccc1. The van der Waals surface area contributed by atoms with Crippen molar-refractivity contribution in [3.63, 3.8) is 0 Å². The first kappa shape index (κ1) is 12.2. The third-order valence-corrected chi connectivity index (χ3v) is 2.83. The van der Waals surface area contributed by atoms with Gasteiger partial charge in [0.05, 0.1) is 0 Å². The molecule has 0 heterocycles. The van der Waals surface area contributed by atoms with Crippen LogP contribution in [0.3, 0.4) is 0 Å². The summed E-state index contributed by atoms with van der Waals surface area (Å²) in [5.41, 5.74) is 6.99. The maximum Gasteiger partial charge on any atom is 0.0162 e. The average molecular weight is 206 g/mol. The second kappa shape index (κ2) is 6.59. The van der Waals surface area contributed by atoms with Crippen LogP contribution < -0.4 is 11.1 Å². The molecule has 0 spiro atoms. The maximum absolute atomic E-state index is 5.58. The molecule has 2 nitrogen and oxygen atoms in total. The van der Waals surface area contributed by atoms with Crippen molar-refractivity contribution in [1.29, 1.82) is 0 Å². The second-order valence-corrected chi connectivity index (χ2v) is 4.06. The molecule has 1 aromatic carbocycles. The summed E-state index contributed by atoms with van der Waals surface area (Å²) >= 11 is 0. The molecule has 1 unspecified atom stereocenters. The van der Waals surface area contributed by atoms with Crippen LogP contribution in [0.5, 0.6) is 0 Å². The van der Waals surface area contributed by atoms with Gasteiger partial charge in [-0.15, -0.1) is 0 Å². The Morgan fingerprint density at radius 1 is 1.27 bits per heavy atom. The Hall–Kier alpha value is -0.860. The third-order valence-electron chi connectivity index (χ3n) is 2.83. The normalized spacial score (nSPS) is 14.9. The van der Waals surface area contributed by atoms with E-state index < -0.39 is 0 Å². The van der Waals surface area contributed by atoms with Crippen molar-refractivity contribution >= 4 is 0 Å². The molecule has 0 bridgehead atoms. The fraction of sp³-hybridized carbons (Fsp3) is 0.538. The zero-order valence-electron chi connectivity index (χ0n) is 9.74. The summed E-state index contributed by atoms with van der Waals surface area (Å²) in [5.74, 6) is 0.597. The Balaban J connectivity index is 2.50. The van der Waals surface area contributed by atoms with E-state index in [9.17, 15) is 0 Å². The summed E-state index contributed by atoms with van der Waals surface area (Å²) in [4.78, 5) is 0. The smallest absolute Gasteiger partial charge is 0.0162 e. The summed E-state index contributed by atoms with van der Waals surface area (Å²) in [6, 6.07) is 11.1. The zero-order valence-corrected chi connectivity index (χ0v) is 9.74. The van der Waals surface area contributed by atoms with Crippen molar-refractivity contribution in [3.05, 3.63) is 35.9 Å². The van der Waals surface area contributed by atoms with Gasteiger partial charge < -0.3 is 11.1 Å². The Morgan fingerprint density at radius 3 is 2.47 bits per heavy atom. The lowest BCUT2D eigenvalue weighted by Crippen LogP contribution is -2.35. The largest absolute Gasteiger partial charge is 0.329 e. The number of nitrogens with one attached hydrogen (secondary N) is 1. The van der Waals surface area contributed by atoms with Crippen LogP contribution in [0.1, 0.15) is 31.7 Å². The fourth-order valence-corrected chi connectivity index (χ4v) is 1.65. The van der Waals surface area contributed by atoms with Gasteiger partial charge in [0.15, 0.2) is 0 Å². The molecule has 0 radical (unpaired) electrons. The van der Waals surface area contributed by atoms with Crippen LogP contribution in [0.2, 0.25) is 0 Å². The molecular formula is C13H22N2.